The first-order valence-electron chi connectivity index (χ1n) is 5.24. The summed E-state index contributed by atoms with van der Waals surface area (Å²) >= 11 is 0. The molecule has 0 aromatic carbocycles. The van der Waals surface area contributed by atoms with Gasteiger partial charge in [-0.15, -0.1) is 0 Å². The van der Waals surface area contributed by atoms with Crippen LogP contribution in [0.3, 0.4) is 0 Å². The van der Waals surface area contributed by atoms with Gasteiger partial charge in [0.05, 0.1) is 0 Å². The number of hydrogen-bond acceptors (Lipinski definition) is 3. The van der Waals surface area contributed by atoms with Crippen LogP contribution in [0.1, 0.15) is 19.5 Å². The second-order valence-corrected chi connectivity index (χ2v) is 4.12. The Bertz CT molecular complexity index is 512. The molecule has 0 unspecified atom stereocenters. The summed E-state index contributed by atoms with van der Waals surface area (Å²) in [6, 6.07) is 3.30. The van der Waals surface area contributed by atoms with E-state index in [1.165, 1.54) is 11.0 Å². The normalized spacial score (nSPS) is 10.9. The molecule has 84 valence electrons. The molecule has 0 amide bonds. The smallest absolute Gasteiger partial charge is 0.272 e. The first kappa shape index (κ1) is 10.6. The number of rotatable bonds is 3. The summed E-state index contributed by atoms with van der Waals surface area (Å²) in [6.07, 6.45) is 3.88. The van der Waals surface area contributed by atoms with Crippen molar-refractivity contribution in [2.45, 2.75) is 20.3 Å². The molecular formula is C11H14N4O. The summed E-state index contributed by atoms with van der Waals surface area (Å²) in [7, 11) is 0. The third-order valence-electron chi connectivity index (χ3n) is 2.20. The van der Waals surface area contributed by atoms with E-state index in [2.05, 4.69) is 28.9 Å². The molecule has 1 N–H and O–H groups in total. The van der Waals surface area contributed by atoms with Gasteiger partial charge in [-0.3, -0.25) is 9.89 Å². The highest BCUT2D eigenvalue weighted by Crippen LogP contribution is 2.04. The van der Waals surface area contributed by atoms with Crippen molar-refractivity contribution in [2.75, 3.05) is 0 Å². The van der Waals surface area contributed by atoms with Crippen LogP contribution in [0.5, 0.6) is 0 Å². The standard InChI is InChI=1S/C11H14N4O/c1-8(2)5-9-6-11(16)15(14-9)10-3-4-12-7-13-10/h3-4,6-8,14H,5H2,1-2H3. The molecule has 2 aromatic rings. The molecule has 0 radical (unpaired) electrons. The molecule has 0 bridgehead atoms. The van der Waals surface area contributed by atoms with Gasteiger partial charge in [-0.1, -0.05) is 13.8 Å². The largest absolute Gasteiger partial charge is 0.294 e. The van der Waals surface area contributed by atoms with Crippen LogP contribution in [0, 0.1) is 5.92 Å². The molecule has 0 fully saturated rings. The Morgan fingerprint density at radius 2 is 2.31 bits per heavy atom. The lowest BCUT2D eigenvalue weighted by atomic mass is 10.1. The molecule has 0 aliphatic heterocycles. The van der Waals surface area contributed by atoms with Crippen LogP contribution >= 0.6 is 0 Å². The van der Waals surface area contributed by atoms with E-state index in [0.717, 1.165) is 12.1 Å². The molecule has 0 atom stereocenters. The molecule has 5 nitrogen and oxygen atoms in total. The van der Waals surface area contributed by atoms with Gasteiger partial charge in [-0.05, 0) is 12.3 Å². The lowest BCUT2D eigenvalue weighted by molar-refractivity contribution is 0.626. The van der Waals surface area contributed by atoms with Crippen LogP contribution in [0.15, 0.2) is 29.5 Å². The second-order valence-electron chi connectivity index (χ2n) is 4.12. The zero-order valence-electron chi connectivity index (χ0n) is 9.34. The van der Waals surface area contributed by atoms with Crippen LogP contribution in [0.25, 0.3) is 5.82 Å². The van der Waals surface area contributed by atoms with Crippen LogP contribution < -0.4 is 5.56 Å². The minimum atomic E-state index is -0.0886. The van der Waals surface area contributed by atoms with E-state index in [4.69, 9.17) is 0 Å². The molecule has 16 heavy (non-hydrogen) atoms. The quantitative estimate of drug-likeness (QED) is 0.840. The molecule has 0 aliphatic rings. The first-order valence-corrected chi connectivity index (χ1v) is 5.24. The van der Waals surface area contributed by atoms with Crippen molar-refractivity contribution in [3.8, 4) is 5.82 Å². The lowest BCUT2D eigenvalue weighted by Gasteiger charge is -2.02. The van der Waals surface area contributed by atoms with Crippen molar-refractivity contribution >= 4 is 0 Å². The minimum absolute atomic E-state index is 0.0886. The lowest BCUT2D eigenvalue weighted by Crippen LogP contribution is -2.14. The van der Waals surface area contributed by atoms with Crippen molar-refractivity contribution in [1.82, 2.24) is 19.7 Å². The fourth-order valence-corrected chi connectivity index (χ4v) is 1.58. The van der Waals surface area contributed by atoms with E-state index >= 15 is 0 Å². The predicted octanol–water partition coefficient (Wildman–Crippen LogP) is 1.15. The van der Waals surface area contributed by atoms with Gasteiger partial charge in [0.15, 0.2) is 5.82 Å². The number of nitrogens with zero attached hydrogens (tertiary/aromatic N) is 3. The Hall–Kier alpha value is -1.91. The van der Waals surface area contributed by atoms with Crippen molar-refractivity contribution in [1.29, 1.82) is 0 Å². The molecule has 2 aromatic heterocycles. The summed E-state index contributed by atoms with van der Waals surface area (Å²) in [5.41, 5.74) is 0.841. The third-order valence-corrected chi connectivity index (χ3v) is 2.20. The van der Waals surface area contributed by atoms with Crippen molar-refractivity contribution in [3.63, 3.8) is 0 Å². The number of H-pyrrole nitrogens is 1. The van der Waals surface area contributed by atoms with E-state index in [0.29, 0.717) is 11.7 Å². The summed E-state index contributed by atoms with van der Waals surface area (Å²) in [6.45, 7) is 4.22. The van der Waals surface area contributed by atoms with Crippen molar-refractivity contribution in [2.24, 2.45) is 5.92 Å². The molecule has 2 rings (SSSR count). The molecule has 0 saturated heterocycles. The molecule has 5 heteroatoms. The zero-order valence-corrected chi connectivity index (χ0v) is 9.34. The number of nitrogens with one attached hydrogen (secondary N) is 1. The highest BCUT2D eigenvalue weighted by atomic mass is 16.1. The van der Waals surface area contributed by atoms with Gasteiger partial charge < -0.3 is 0 Å². The maximum absolute atomic E-state index is 11.7. The maximum atomic E-state index is 11.7. The summed E-state index contributed by atoms with van der Waals surface area (Å²) in [5.74, 6) is 1.08. The highest BCUT2D eigenvalue weighted by molar-refractivity contribution is 5.19. The van der Waals surface area contributed by atoms with Crippen LogP contribution in [0.2, 0.25) is 0 Å². The summed E-state index contributed by atoms with van der Waals surface area (Å²) < 4.78 is 1.43. The second kappa shape index (κ2) is 4.30. The van der Waals surface area contributed by atoms with Gasteiger partial charge in [0.25, 0.3) is 5.56 Å². The van der Waals surface area contributed by atoms with Crippen LogP contribution in [-0.2, 0) is 6.42 Å². The Labute approximate surface area is 93.2 Å². The van der Waals surface area contributed by atoms with Gasteiger partial charge >= 0.3 is 0 Å². The van der Waals surface area contributed by atoms with Gasteiger partial charge in [-0.25, -0.2) is 14.6 Å². The summed E-state index contributed by atoms with van der Waals surface area (Å²) in [5, 5.41) is 3.04. The van der Waals surface area contributed by atoms with Crippen LogP contribution in [0.4, 0.5) is 0 Å². The Kier molecular flexibility index (Phi) is 2.85. The fourth-order valence-electron chi connectivity index (χ4n) is 1.58. The Balaban J connectivity index is 2.36. The predicted molar refractivity (Wildman–Crippen MR) is 60.5 cm³/mol. The highest BCUT2D eigenvalue weighted by Gasteiger charge is 2.06. The number of aromatic nitrogens is 4. The van der Waals surface area contributed by atoms with E-state index in [1.807, 2.05) is 0 Å². The number of aromatic amines is 1. The molecule has 0 spiro atoms. The maximum Gasteiger partial charge on any atom is 0.272 e. The SMILES string of the molecule is CC(C)Cc1cc(=O)n(-c2ccncn2)[nH]1. The van der Waals surface area contributed by atoms with E-state index in [9.17, 15) is 4.79 Å². The van der Waals surface area contributed by atoms with E-state index in [1.54, 1.807) is 18.3 Å². The average Bonchev–Trinajstić information content (AvgIpc) is 2.60. The van der Waals surface area contributed by atoms with Gasteiger partial charge in [0, 0.05) is 24.0 Å². The first-order chi connectivity index (χ1) is 7.66. The summed E-state index contributed by atoms with van der Waals surface area (Å²) in [4.78, 5) is 19.5. The van der Waals surface area contributed by atoms with Gasteiger partial charge in [0.2, 0.25) is 0 Å². The van der Waals surface area contributed by atoms with Crippen molar-refractivity contribution in [3.05, 3.63) is 40.7 Å². The minimum Gasteiger partial charge on any atom is -0.294 e. The Morgan fingerprint density at radius 3 is 2.94 bits per heavy atom. The van der Waals surface area contributed by atoms with Gasteiger partial charge in [-0.2, -0.15) is 0 Å². The monoisotopic (exact) mass is 218 g/mol. The molecule has 0 saturated carbocycles. The number of hydrogen-bond donors (Lipinski definition) is 1. The van der Waals surface area contributed by atoms with E-state index in [-0.39, 0.29) is 5.56 Å². The topological polar surface area (TPSA) is 63.6 Å². The molecular weight excluding hydrogens is 204 g/mol. The Morgan fingerprint density at radius 1 is 1.50 bits per heavy atom. The van der Waals surface area contributed by atoms with Crippen LogP contribution in [-0.4, -0.2) is 19.7 Å². The average molecular weight is 218 g/mol. The van der Waals surface area contributed by atoms with Gasteiger partial charge in [0.1, 0.15) is 6.33 Å². The molecule has 0 aliphatic carbocycles. The fraction of sp³-hybridized carbons (Fsp3) is 0.364. The zero-order chi connectivity index (χ0) is 11.5. The van der Waals surface area contributed by atoms with E-state index < -0.39 is 0 Å². The third kappa shape index (κ3) is 2.18. The van der Waals surface area contributed by atoms with Crippen molar-refractivity contribution < 1.29 is 0 Å². The molecule has 2 heterocycles.